The third-order valence-corrected chi connectivity index (χ3v) is 4.76. The van der Waals surface area contributed by atoms with Gasteiger partial charge in [-0.25, -0.2) is 0 Å². The van der Waals surface area contributed by atoms with E-state index in [0.29, 0.717) is 6.04 Å². The molecule has 0 aliphatic heterocycles. The Bertz CT molecular complexity index is 402. The van der Waals surface area contributed by atoms with Crippen molar-refractivity contribution in [3.05, 3.63) is 29.6 Å². The highest BCUT2D eigenvalue weighted by Crippen LogP contribution is 2.33. The minimum absolute atomic E-state index is 0.516. The van der Waals surface area contributed by atoms with Gasteiger partial charge in [-0.2, -0.15) is 0 Å². The summed E-state index contributed by atoms with van der Waals surface area (Å²) in [7, 11) is 0. The van der Waals surface area contributed by atoms with Crippen LogP contribution in [0.1, 0.15) is 62.7 Å². The number of nitrogens with one attached hydrogen (secondary N) is 1. The van der Waals surface area contributed by atoms with Crippen molar-refractivity contribution in [2.45, 2.75) is 64.0 Å². The van der Waals surface area contributed by atoms with E-state index in [-0.39, 0.29) is 0 Å². The Morgan fingerprint density at radius 3 is 3.17 bits per heavy atom. The van der Waals surface area contributed by atoms with Gasteiger partial charge in [-0.05, 0) is 43.2 Å². The molecule has 2 heteroatoms. The number of aryl methyl sites for hydroxylation is 1. The van der Waals surface area contributed by atoms with Crippen molar-refractivity contribution in [3.8, 4) is 0 Å². The summed E-state index contributed by atoms with van der Waals surface area (Å²) < 4.78 is 0. The molecular formula is C16H24N2. The van der Waals surface area contributed by atoms with E-state index in [1.807, 2.05) is 6.20 Å². The Balaban J connectivity index is 1.64. The molecule has 0 spiro atoms. The summed E-state index contributed by atoms with van der Waals surface area (Å²) in [6, 6.07) is 5.54. The van der Waals surface area contributed by atoms with Crippen molar-refractivity contribution in [3.63, 3.8) is 0 Å². The molecular weight excluding hydrogens is 220 g/mol. The number of rotatable bonds is 3. The monoisotopic (exact) mass is 244 g/mol. The maximum atomic E-state index is 4.58. The molecule has 3 rings (SSSR count). The molecule has 0 bridgehead atoms. The molecule has 2 aliphatic carbocycles. The first kappa shape index (κ1) is 12.2. The van der Waals surface area contributed by atoms with Gasteiger partial charge >= 0.3 is 0 Å². The van der Waals surface area contributed by atoms with Crippen molar-refractivity contribution in [2.75, 3.05) is 0 Å². The van der Waals surface area contributed by atoms with Crippen molar-refractivity contribution >= 4 is 0 Å². The second-order valence-corrected chi connectivity index (χ2v) is 5.94. The summed E-state index contributed by atoms with van der Waals surface area (Å²) in [6.07, 6.45) is 11.3. The summed E-state index contributed by atoms with van der Waals surface area (Å²) in [5, 5.41) is 3.88. The molecule has 3 atom stereocenters. The largest absolute Gasteiger partial charge is 0.306 e. The molecule has 0 amide bonds. The predicted molar refractivity (Wildman–Crippen MR) is 74.5 cm³/mol. The molecule has 98 valence electrons. The van der Waals surface area contributed by atoms with Gasteiger partial charge in [-0.1, -0.05) is 32.3 Å². The lowest BCUT2D eigenvalue weighted by Gasteiger charge is -2.31. The summed E-state index contributed by atoms with van der Waals surface area (Å²) in [4.78, 5) is 4.58. The van der Waals surface area contributed by atoms with Crippen LogP contribution in [0.4, 0.5) is 0 Å². The lowest BCUT2D eigenvalue weighted by atomic mass is 9.84. The topological polar surface area (TPSA) is 24.9 Å². The van der Waals surface area contributed by atoms with Gasteiger partial charge in [0.05, 0.1) is 11.7 Å². The third kappa shape index (κ3) is 2.44. The van der Waals surface area contributed by atoms with E-state index in [9.17, 15) is 0 Å². The smallest absolute Gasteiger partial charge is 0.0605 e. The molecule has 2 nitrogen and oxygen atoms in total. The average Bonchev–Trinajstić information content (AvgIpc) is 2.83. The number of pyridine rings is 1. The molecule has 1 heterocycles. The Kier molecular flexibility index (Phi) is 3.64. The van der Waals surface area contributed by atoms with Gasteiger partial charge in [0.1, 0.15) is 0 Å². The summed E-state index contributed by atoms with van der Waals surface area (Å²) in [6.45, 7) is 2.33. The highest BCUT2D eigenvalue weighted by Gasteiger charge is 2.28. The molecule has 1 saturated carbocycles. The lowest BCUT2D eigenvalue weighted by molar-refractivity contribution is 0.260. The van der Waals surface area contributed by atoms with Crippen LogP contribution in [-0.2, 0) is 6.42 Å². The Morgan fingerprint density at radius 1 is 1.33 bits per heavy atom. The third-order valence-electron chi connectivity index (χ3n) is 4.76. The number of nitrogens with zero attached hydrogens (tertiary/aromatic N) is 1. The van der Waals surface area contributed by atoms with E-state index in [1.165, 1.54) is 56.2 Å². The summed E-state index contributed by atoms with van der Waals surface area (Å²) in [5.41, 5.74) is 2.77. The molecule has 1 N–H and O–H groups in total. The second-order valence-electron chi connectivity index (χ2n) is 5.94. The predicted octanol–water partition coefficient (Wildman–Crippen LogP) is 3.63. The highest BCUT2D eigenvalue weighted by atomic mass is 15.0. The van der Waals surface area contributed by atoms with Crippen LogP contribution in [0.25, 0.3) is 0 Å². The van der Waals surface area contributed by atoms with Crippen molar-refractivity contribution in [1.82, 2.24) is 10.3 Å². The Morgan fingerprint density at radius 2 is 2.28 bits per heavy atom. The van der Waals surface area contributed by atoms with Crippen LogP contribution in [0.3, 0.4) is 0 Å². The first-order chi connectivity index (χ1) is 8.86. The van der Waals surface area contributed by atoms with Crippen LogP contribution < -0.4 is 5.32 Å². The van der Waals surface area contributed by atoms with Gasteiger partial charge in [-0.3, -0.25) is 4.98 Å². The maximum absolute atomic E-state index is 4.58. The maximum Gasteiger partial charge on any atom is 0.0605 e. The van der Waals surface area contributed by atoms with E-state index in [0.717, 1.165) is 12.0 Å². The molecule has 3 unspecified atom stereocenters. The normalized spacial score (nSPS) is 31.3. The Labute approximate surface area is 110 Å². The first-order valence-corrected chi connectivity index (χ1v) is 7.56. The van der Waals surface area contributed by atoms with Gasteiger partial charge in [0, 0.05) is 12.2 Å². The lowest BCUT2D eigenvalue weighted by Crippen LogP contribution is -2.36. The van der Waals surface area contributed by atoms with Gasteiger partial charge in [0.25, 0.3) is 0 Å². The van der Waals surface area contributed by atoms with E-state index >= 15 is 0 Å². The van der Waals surface area contributed by atoms with Gasteiger partial charge in [0.2, 0.25) is 0 Å². The van der Waals surface area contributed by atoms with Gasteiger partial charge < -0.3 is 5.32 Å². The molecule has 0 radical (unpaired) electrons. The van der Waals surface area contributed by atoms with Crippen LogP contribution in [0.2, 0.25) is 0 Å². The highest BCUT2D eigenvalue weighted by molar-refractivity contribution is 5.28. The van der Waals surface area contributed by atoms with Gasteiger partial charge in [-0.15, -0.1) is 0 Å². The minimum atomic E-state index is 0.516. The molecule has 1 aromatic heterocycles. The fourth-order valence-electron chi connectivity index (χ4n) is 3.67. The second kappa shape index (κ2) is 5.40. The zero-order valence-electron chi connectivity index (χ0n) is 11.4. The van der Waals surface area contributed by atoms with Crippen molar-refractivity contribution in [1.29, 1.82) is 0 Å². The first-order valence-electron chi connectivity index (χ1n) is 7.56. The average molecular weight is 244 g/mol. The molecule has 18 heavy (non-hydrogen) atoms. The SMILES string of the molecule is CCC1CCCC(NC2CCc3cccnc32)C1. The standard InChI is InChI=1S/C16H24N2/c1-2-12-5-3-7-14(11-12)18-15-9-8-13-6-4-10-17-16(13)15/h4,6,10,12,14-15,18H,2-3,5,7-9,11H2,1H3. The van der Waals surface area contributed by atoms with E-state index in [1.54, 1.807) is 0 Å². The van der Waals surface area contributed by atoms with E-state index in [2.05, 4.69) is 29.4 Å². The van der Waals surface area contributed by atoms with Crippen LogP contribution in [0, 0.1) is 5.92 Å². The van der Waals surface area contributed by atoms with Gasteiger partial charge in [0.15, 0.2) is 0 Å². The van der Waals surface area contributed by atoms with E-state index < -0.39 is 0 Å². The molecule has 0 aromatic carbocycles. The van der Waals surface area contributed by atoms with Crippen molar-refractivity contribution in [2.24, 2.45) is 5.92 Å². The number of aromatic nitrogens is 1. The molecule has 1 fully saturated rings. The van der Waals surface area contributed by atoms with Crippen LogP contribution in [0.5, 0.6) is 0 Å². The molecule has 2 aliphatic rings. The fraction of sp³-hybridized carbons (Fsp3) is 0.688. The zero-order valence-corrected chi connectivity index (χ0v) is 11.4. The van der Waals surface area contributed by atoms with Crippen LogP contribution in [0.15, 0.2) is 18.3 Å². The number of hydrogen-bond donors (Lipinski definition) is 1. The van der Waals surface area contributed by atoms with Crippen LogP contribution >= 0.6 is 0 Å². The summed E-state index contributed by atoms with van der Waals surface area (Å²) in [5.74, 6) is 0.945. The molecule has 1 aromatic rings. The minimum Gasteiger partial charge on any atom is -0.306 e. The zero-order chi connectivity index (χ0) is 12.4. The fourth-order valence-corrected chi connectivity index (χ4v) is 3.67. The van der Waals surface area contributed by atoms with Crippen molar-refractivity contribution < 1.29 is 0 Å². The number of fused-ring (bicyclic) bond motifs is 1. The van der Waals surface area contributed by atoms with Crippen LogP contribution in [-0.4, -0.2) is 11.0 Å². The Hall–Kier alpha value is -0.890. The van der Waals surface area contributed by atoms with E-state index in [4.69, 9.17) is 0 Å². The number of hydrogen-bond acceptors (Lipinski definition) is 2. The molecule has 0 saturated heterocycles. The summed E-state index contributed by atoms with van der Waals surface area (Å²) >= 11 is 0. The quantitative estimate of drug-likeness (QED) is 0.878.